The molecule has 1 heterocycles. The lowest BCUT2D eigenvalue weighted by atomic mass is 10.1. The molecule has 6 heteroatoms. The minimum atomic E-state index is -3.30. The quantitative estimate of drug-likeness (QED) is 0.820. The van der Waals surface area contributed by atoms with Crippen LogP contribution in [-0.4, -0.2) is 18.6 Å². The molecular formula is C15H20N2O3S. The molecule has 0 atom stereocenters. The van der Waals surface area contributed by atoms with Crippen molar-refractivity contribution < 1.29 is 12.9 Å². The first kappa shape index (κ1) is 15.7. The third-order valence-electron chi connectivity index (χ3n) is 2.91. The fraction of sp³-hybridized carbons (Fsp3) is 0.467. The zero-order chi connectivity index (χ0) is 15.5. The van der Waals surface area contributed by atoms with E-state index in [9.17, 15) is 8.42 Å². The van der Waals surface area contributed by atoms with Crippen molar-refractivity contribution in [1.29, 1.82) is 0 Å². The number of hydrogen-bond acceptors (Lipinski definition) is 5. The minimum absolute atomic E-state index is 0.0112. The minimum Gasteiger partial charge on any atom is -0.339 e. The predicted octanol–water partition coefficient (Wildman–Crippen LogP) is 2.69. The number of aromatic nitrogens is 2. The second kappa shape index (κ2) is 6.39. The fourth-order valence-corrected chi connectivity index (χ4v) is 3.38. The summed E-state index contributed by atoms with van der Waals surface area (Å²) in [7, 11) is -3.30. The average molecular weight is 308 g/mol. The Morgan fingerprint density at radius 3 is 2.67 bits per heavy atom. The van der Waals surface area contributed by atoms with Crippen molar-refractivity contribution in [2.24, 2.45) is 5.92 Å². The monoisotopic (exact) mass is 308 g/mol. The normalized spacial score (nSPS) is 12.0. The van der Waals surface area contributed by atoms with E-state index in [1.165, 1.54) is 0 Å². The highest BCUT2D eigenvalue weighted by atomic mass is 32.2. The molecule has 0 aliphatic heterocycles. The largest absolute Gasteiger partial charge is 0.339 e. The van der Waals surface area contributed by atoms with E-state index in [0.717, 1.165) is 11.1 Å². The maximum absolute atomic E-state index is 12.2. The van der Waals surface area contributed by atoms with Crippen molar-refractivity contribution in [3.8, 4) is 0 Å². The Labute approximate surface area is 125 Å². The van der Waals surface area contributed by atoms with Gasteiger partial charge >= 0.3 is 0 Å². The van der Waals surface area contributed by atoms with Crippen molar-refractivity contribution in [3.63, 3.8) is 0 Å². The van der Waals surface area contributed by atoms with Crippen LogP contribution >= 0.6 is 0 Å². The Kier molecular flexibility index (Phi) is 4.77. The van der Waals surface area contributed by atoms with Crippen LogP contribution in [0.15, 0.2) is 28.8 Å². The van der Waals surface area contributed by atoms with Crippen LogP contribution in [0, 0.1) is 12.8 Å². The van der Waals surface area contributed by atoms with Crippen molar-refractivity contribution in [2.75, 3.05) is 0 Å². The Morgan fingerprint density at radius 2 is 2.00 bits per heavy atom. The van der Waals surface area contributed by atoms with Gasteiger partial charge in [-0.25, -0.2) is 8.42 Å². The van der Waals surface area contributed by atoms with Gasteiger partial charge in [0, 0.05) is 6.42 Å². The van der Waals surface area contributed by atoms with E-state index in [2.05, 4.69) is 10.1 Å². The topological polar surface area (TPSA) is 73.1 Å². The molecule has 1 aromatic heterocycles. The molecular weight excluding hydrogens is 288 g/mol. The van der Waals surface area contributed by atoms with Gasteiger partial charge in [-0.1, -0.05) is 48.8 Å². The van der Waals surface area contributed by atoms with Gasteiger partial charge < -0.3 is 4.52 Å². The molecule has 114 valence electrons. The number of aryl methyl sites for hydroxylation is 1. The molecule has 0 aliphatic carbocycles. The van der Waals surface area contributed by atoms with Gasteiger partial charge in [-0.2, -0.15) is 4.98 Å². The summed E-state index contributed by atoms with van der Waals surface area (Å²) in [4.78, 5) is 4.14. The molecule has 0 aliphatic rings. The molecule has 2 aromatic rings. The van der Waals surface area contributed by atoms with E-state index in [4.69, 9.17) is 4.52 Å². The molecule has 0 fully saturated rings. The predicted molar refractivity (Wildman–Crippen MR) is 80.3 cm³/mol. The maximum Gasteiger partial charge on any atom is 0.226 e. The third-order valence-corrected chi connectivity index (χ3v) is 4.38. The zero-order valence-corrected chi connectivity index (χ0v) is 13.4. The Balaban J connectivity index is 2.05. The van der Waals surface area contributed by atoms with Crippen LogP contribution in [0.3, 0.4) is 0 Å². The highest BCUT2D eigenvalue weighted by molar-refractivity contribution is 7.89. The first-order valence-corrected chi connectivity index (χ1v) is 8.73. The average Bonchev–Trinajstić information content (AvgIpc) is 2.73. The molecule has 0 bridgehead atoms. The molecule has 1 aromatic carbocycles. The second-order valence-electron chi connectivity index (χ2n) is 5.72. The van der Waals surface area contributed by atoms with E-state index >= 15 is 0 Å². The SMILES string of the molecule is Cc1cccc(CS(=O)(=O)Cc2noc(CC(C)C)n2)c1. The fourth-order valence-electron chi connectivity index (χ4n) is 2.08. The molecule has 0 saturated heterocycles. The van der Waals surface area contributed by atoms with E-state index < -0.39 is 9.84 Å². The van der Waals surface area contributed by atoms with Crippen LogP contribution in [0.4, 0.5) is 0 Å². The van der Waals surface area contributed by atoms with E-state index in [1.54, 1.807) is 0 Å². The summed E-state index contributed by atoms with van der Waals surface area (Å²) < 4.78 is 29.4. The summed E-state index contributed by atoms with van der Waals surface area (Å²) in [6.07, 6.45) is 0.658. The van der Waals surface area contributed by atoms with Crippen molar-refractivity contribution >= 4 is 9.84 Å². The van der Waals surface area contributed by atoms with Gasteiger partial charge in [0.05, 0.1) is 5.75 Å². The van der Waals surface area contributed by atoms with Gasteiger partial charge in [-0.3, -0.25) is 0 Å². The zero-order valence-electron chi connectivity index (χ0n) is 12.5. The molecule has 2 rings (SSSR count). The lowest BCUT2D eigenvalue weighted by molar-refractivity contribution is 0.359. The van der Waals surface area contributed by atoms with Crippen molar-refractivity contribution in [3.05, 3.63) is 47.1 Å². The van der Waals surface area contributed by atoms with Crippen LogP contribution in [0.5, 0.6) is 0 Å². The van der Waals surface area contributed by atoms with E-state index in [1.807, 2.05) is 45.0 Å². The first-order chi connectivity index (χ1) is 9.84. The highest BCUT2D eigenvalue weighted by Crippen LogP contribution is 2.13. The summed E-state index contributed by atoms with van der Waals surface area (Å²) in [5, 5.41) is 3.75. The van der Waals surface area contributed by atoms with Crippen LogP contribution in [0.25, 0.3) is 0 Å². The van der Waals surface area contributed by atoms with Gasteiger partial charge in [0.25, 0.3) is 0 Å². The van der Waals surface area contributed by atoms with Gasteiger partial charge in [0.2, 0.25) is 5.89 Å². The Bertz CT molecular complexity index is 705. The maximum atomic E-state index is 12.2. The molecule has 5 nitrogen and oxygen atoms in total. The lowest BCUT2D eigenvalue weighted by Crippen LogP contribution is -2.09. The number of hydrogen-bond donors (Lipinski definition) is 0. The van der Waals surface area contributed by atoms with Gasteiger partial charge in [-0.15, -0.1) is 0 Å². The first-order valence-electron chi connectivity index (χ1n) is 6.91. The number of sulfone groups is 1. The summed E-state index contributed by atoms with van der Waals surface area (Å²) in [6.45, 7) is 6.02. The number of benzene rings is 1. The smallest absolute Gasteiger partial charge is 0.226 e. The van der Waals surface area contributed by atoms with Crippen LogP contribution < -0.4 is 0 Å². The van der Waals surface area contributed by atoms with Gasteiger partial charge in [0.1, 0.15) is 5.75 Å². The number of nitrogens with zero attached hydrogens (tertiary/aromatic N) is 2. The van der Waals surface area contributed by atoms with E-state index in [0.29, 0.717) is 18.2 Å². The highest BCUT2D eigenvalue weighted by Gasteiger charge is 2.18. The van der Waals surface area contributed by atoms with Gasteiger partial charge in [0.15, 0.2) is 15.7 Å². The standard InChI is InChI=1S/C15H20N2O3S/c1-11(2)7-15-16-14(17-20-15)10-21(18,19)9-13-6-4-5-12(3)8-13/h4-6,8,11H,7,9-10H2,1-3H3. The van der Waals surface area contributed by atoms with Gasteiger partial charge in [-0.05, 0) is 18.4 Å². The van der Waals surface area contributed by atoms with Crippen molar-refractivity contribution in [1.82, 2.24) is 10.1 Å². The molecule has 0 unspecified atom stereocenters. The van der Waals surface area contributed by atoms with Crippen LogP contribution in [0.1, 0.15) is 36.7 Å². The summed E-state index contributed by atoms with van der Waals surface area (Å²) in [6, 6.07) is 7.48. The number of rotatable bonds is 6. The van der Waals surface area contributed by atoms with Crippen LogP contribution in [0.2, 0.25) is 0 Å². The second-order valence-corrected chi connectivity index (χ2v) is 7.79. The summed E-state index contributed by atoms with van der Waals surface area (Å²) in [5.41, 5.74) is 1.82. The third kappa shape index (κ3) is 4.97. The molecule has 0 radical (unpaired) electrons. The Hall–Kier alpha value is -1.69. The van der Waals surface area contributed by atoms with Crippen LogP contribution in [-0.2, 0) is 27.8 Å². The Morgan fingerprint density at radius 1 is 1.24 bits per heavy atom. The molecule has 21 heavy (non-hydrogen) atoms. The molecule has 0 N–H and O–H groups in total. The lowest BCUT2D eigenvalue weighted by Gasteiger charge is -2.03. The molecule has 0 spiro atoms. The molecule has 0 amide bonds. The van der Waals surface area contributed by atoms with E-state index in [-0.39, 0.29) is 17.3 Å². The van der Waals surface area contributed by atoms with Crippen molar-refractivity contribution in [2.45, 2.75) is 38.7 Å². The molecule has 0 saturated carbocycles. The summed E-state index contributed by atoms with van der Waals surface area (Å²) >= 11 is 0. The summed E-state index contributed by atoms with van der Waals surface area (Å²) in [5.74, 6) is 0.914.